The molecule has 13 heavy (non-hydrogen) atoms. The van der Waals surface area contributed by atoms with Crippen LogP contribution in [0.5, 0.6) is 0 Å². The Morgan fingerprint density at radius 3 is 2.46 bits per heavy atom. The number of benzene rings is 1. The van der Waals surface area contributed by atoms with Crippen LogP contribution >= 0.6 is 11.6 Å². The van der Waals surface area contributed by atoms with Crippen molar-refractivity contribution >= 4 is 17.5 Å². The molecular formula is C10H12ClNO. The van der Waals surface area contributed by atoms with Crippen LogP contribution in [0.2, 0.25) is 0 Å². The molecule has 0 aliphatic rings. The minimum absolute atomic E-state index is 0.509. The van der Waals surface area contributed by atoms with Crippen LogP contribution in [0.3, 0.4) is 0 Å². The summed E-state index contributed by atoms with van der Waals surface area (Å²) in [4.78, 5) is 10.8. The fourth-order valence-corrected chi connectivity index (χ4v) is 1.22. The summed E-state index contributed by atoms with van der Waals surface area (Å²) in [6.45, 7) is 3.98. The van der Waals surface area contributed by atoms with E-state index >= 15 is 0 Å². The molecule has 0 saturated heterocycles. The SMILES string of the molecule is Cc1ccc(C(Cl)C(N)=O)cc1C. The van der Waals surface area contributed by atoms with Crippen molar-refractivity contribution in [3.8, 4) is 0 Å². The van der Waals surface area contributed by atoms with E-state index in [9.17, 15) is 4.79 Å². The monoisotopic (exact) mass is 197 g/mol. The molecule has 1 atom stereocenters. The molecule has 70 valence electrons. The van der Waals surface area contributed by atoms with Crippen molar-refractivity contribution in [1.82, 2.24) is 0 Å². The molecule has 0 radical (unpaired) electrons. The first-order valence-electron chi connectivity index (χ1n) is 4.03. The summed E-state index contributed by atoms with van der Waals surface area (Å²) in [6, 6.07) is 5.64. The molecule has 0 fully saturated rings. The van der Waals surface area contributed by atoms with Crippen molar-refractivity contribution < 1.29 is 4.79 Å². The van der Waals surface area contributed by atoms with Gasteiger partial charge in [-0.25, -0.2) is 0 Å². The Bertz CT molecular complexity index is 336. The Labute approximate surface area is 82.7 Å². The highest BCUT2D eigenvalue weighted by Crippen LogP contribution is 2.21. The first-order chi connectivity index (χ1) is 6.02. The highest BCUT2D eigenvalue weighted by atomic mass is 35.5. The van der Waals surface area contributed by atoms with Crippen LogP contribution in [0.1, 0.15) is 22.1 Å². The molecule has 0 aliphatic heterocycles. The summed E-state index contributed by atoms with van der Waals surface area (Å²) < 4.78 is 0. The van der Waals surface area contributed by atoms with Gasteiger partial charge in [0.25, 0.3) is 0 Å². The number of alkyl halides is 1. The second kappa shape index (κ2) is 3.79. The van der Waals surface area contributed by atoms with Crippen LogP contribution in [-0.4, -0.2) is 5.91 Å². The number of carbonyl (C=O) groups is 1. The zero-order valence-corrected chi connectivity index (χ0v) is 8.43. The van der Waals surface area contributed by atoms with Gasteiger partial charge in [-0.15, -0.1) is 11.6 Å². The van der Waals surface area contributed by atoms with Gasteiger partial charge in [0.05, 0.1) is 0 Å². The predicted molar refractivity (Wildman–Crippen MR) is 53.7 cm³/mol. The molecule has 1 rings (SSSR count). The van der Waals surface area contributed by atoms with Crippen LogP contribution in [0.25, 0.3) is 0 Å². The van der Waals surface area contributed by atoms with E-state index in [0.717, 1.165) is 11.1 Å². The molecule has 3 heteroatoms. The predicted octanol–water partition coefficient (Wildman–Crippen LogP) is 2.07. The van der Waals surface area contributed by atoms with Gasteiger partial charge in [0.15, 0.2) is 0 Å². The molecule has 1 aromatic rings. The normalized spacial score (nSPS) is 12.5. The molecule has 2 nitrogen and oxygen atoms in total. The highest BCUT2D eigenvalue weighted by Gasteiger charge is 2.13. The number of aryl methyl sites for hydroxylation is 2. The van der Waals surface area contributed by atoms with E-state index in [-0.39, 0.29) is 0 Å². The molecule has 1 unspecified atom stereocenters. The molecule has 1 aromatic carbocycles. The third-order valence-corrected chi connectivity index (χ3v) is 2.54. The summed E-state index contributed by atoms with van der Waals surface area (Å²) in [5.74, 6) is -0.509. The number of amides is 1. The smallest absolute Gasteiger partial charge is 0.240 e. The fraction of sp³-hybridized carbons (Fsp3) is 0.300. The molecule has 0 bridgehead atoms. The van der Waals surface area contributed by atoms with Gasteiger partial charge in [-0.2, -0.15) is 0 Å². The topological polar surface area (TPSA) is 43.1 Å². The van der Waals surface area contributed by atoms with Crippen LogP contribution < -0.4 is 5.73 Å². The zero-order valence-electron chi connectivity index (χ0n) is 7.67. The fourth-order valence-electron chi connectivity index (χ4n) is 1.09. The Hall–Kier alpha value is -1.02. The van der Waals surface area contributed by atoms with Crippen LogP contribution in [0, 0.1) is 13.8 Å². The second-order valence-corrected chi connectivity index (χ2v) is 3.55. The Balaban J connectivity index is 3.03. The van der Waals surface area contributed by atoms with E-state index in [1.807, 2.05) is 32.0 Å². The van der Waals surface area contributed by atoms with E-state index in [1.165, 1.54) is 5.56 Å². The summed E-state index contributed by atoms with van der Waals surface area (Å²) in [7, 11) is 0. The minimum atomic E-state index is -0.723. The van der Waals surface area contributed by atoms with Crippen LogP contribution in [0.4, 0.5) is 0 Å². The van der Waals surface area contributed by atoms with Crippen molar-refractivity contribution in [2.24, 2.45) is 5.73 Å². The number of primary amides is 1. The maximum atomic E-state index is 10.8. The third-order valence-electron chi connectivity index (χ3n) is 2.07. The third kappa shape index (κ3) is 2.22. The number of hydrogen-bond donors (Lipinski definition) is 1. The number of nitrogens with two attached hydrogens (primary N) is 1. The van der Waals surface area contributed by atoms with Crippen molar-refractivity contribution in [3.05, 3.63) is 34.9 Å². The van der Waals surface area contributed by atoms with Crippen LogP contribution in [-0.2, 0) is 4.79 Å². The number of carbonyl (C=O) groups excluding carboxylic acids is 1. The number of rotatable bonds is 2. The molecule has 0 aliphatic carbocycles. The van der Waals surface area contributed by atoms with Gasteiger partial charge >= 0.3 is 0 Å². The minimum Gasteiger partial charge on any atom is -0.368 e. The highest BCUT2D eigenvalue weighted by molar-refractivity contribution is 6.30. The molecule has 0 spiro atoms. The van der Waals surface area contributed by atoms with E-state index in [0.29, 0.717) is 0 Å². The summed E-state index contributed by atoms with van der Waals surface area (Å²) in [6.07, 6.45) is 0. The van der Waals surface area contributed by atoms with Gasteiger partial charge in [-0.1, -0.05) is 18.2 Å². The number of halogens is 1. The quantitative estimate of drug-likeness (QED) is 0.725. The lowest BCUT2D eigenvalue weighted by molar-refractivity contribution is -0.117. The van der Waals surface area contributed by atoms with Gasteiger partial charge in [0, 0.05) is 0 Å². The Kier molecular flexibility index (Phi) is 2.94. The molecule has 2 N–H and O–H groups in total. The summed E-state index contributed by atoms with van der Waals surface area (Å²) >= 11 is 5.79. The number of hydrogen-bond acceptors (Lipinski definition) is 1. The largest absolute Gasteiger partial charge is 0.368 e. The second-order valence-electron chi connectivity index (χ2n) is 3.11. The standard InChI is InChI=1S/C10H12ClNO/c1-6-3-4-8(5-7(6)2)9(11)10(12)13/h3-5,9H,1-2H3,(H2,12,13). The summed E-state index contributed by atoms with van der Waals surface area (Å²) in [5, 5.41) is -0.723. The van der Waals surface area contributed by atoms with Gasteiger partial charge in [0.1, 0.15) is 5.38 Å². The van der Waals surface area contributed by atoms with E-state index in [4.69, 9.17) is 17.3 Å². The summed E-state index contributed by atoms with van der Waals surface area (Å²) in [5.41, 5.74) is 8.14. The Morgan fingerprint density at radius 1 is 1.38 bits per heavy atom. The van der Waals surface area contributed by atoms with Crippen molar-refractivity contribution in [2.45, 2.75) is 19.2 Å². The molecule has 0 heterocycles. The van der Waals surface area contributed by atoms with Gasteiger partial charge in [0.2, 0.25) is 5.91 Å². The van der Waals surface area contributed by atoms with Crippen LogP contribution in [0.15, 0.2) is 18.2 Å². The zero-order chi connectivity index (χ0) is 10.0. The lowest BCUT2D eigenvalue weighted by Gasteiger charge is -2.07. The van der Waals surface area contributed by atoms with Gasteiger partial charge in [-0.05, 0) is 30.5 Å². The average molecular weight is 198 g/mol. The van der Waals surface area contributed by atoms with E-state index < -0.39 is 11.3 Å². The van der Waals surface area contributed by atoms with E-state index in [1.54, 1.807) is 0 Å². The molecule has 1 amide bonds. The van der Waals surface area contributed by atoms with E-state index in [2.05, 4.69) is 0 Å². The van der Waals surface area contributed by atoms with Crippen molar-refractivity contribution in [1.29, 1.82) is 0 Å². The van der Waals surface area contributed by atoms with Gasteiger partial charge < -0.3 is 5.73 Å². The molecule has 0 aromatic heterocycles. The van der Waals surface area contributed by atoms with Gasteiger partial charge in [-0.3, -0.25) is 4.79 Å². The maximum absolute atomic E-state index is 10.8. The molecule has 0 saturated carbocycles. The molecular weight excluding hydrogens is 186 g/mol. The lowest BCUT2D eigenvalue weighted by atomic mass is 10.0. The Morgan fingerprint density at radius 2 is 2.00 bits per heavy atom. The lowest BCUT2D eigenvalue weighted by Crippen LogP contribution is -2.17. The van der Waals surface area contributed by atoms with Crippen molar-refractivity contribution in [3.63, 3.8) is 0 Å². The van der Waals surface area contributed by atoms with Crippen molar-refractivity contribution in [2.75, 3.05) is 0 Å². The first kappa shape index (κ1) is 10.1. The maximum Gasteiger partial charge on any atom is 0.240 e. The average Bonchev–Trinajstić information content (AvgIpc) is 2.08. The first-order valence-corrected chi connectivity index (χ1v) is 4.46.